The van der Waals surface area contributed by atoms with Gasteiger partial charge in [0.1, 0.15) is 5.75 Å². The fourth-order valence-corrected chi connectivity index (χ4v) is 5.22. The molecular formula is C23H35N3O3. The predicted molar refractivity (Wildman–Crippen MR) is 114 cm³/mol. The van der Waals surface area contributed by atoms with Crippen molar-refractivity contribution in [2.75, 3.05) is 57.9 Å². The van der Waals surface area contributed by atoms with Crippen molar-refractivity contribution in [3.8, 4) is 5.75 Å². The third kappa shape index (κ3) is 4.86. The van der Waals surface area contributed by atoms with Crippen molar-refractivity contribution in [2.45, 2.75) is 44.9 Å². The number of benzene rings is 1. The summed E-state index contributed by atoms with van der Waals surface area (Å²) in [4.78, 5) is 23.2. The molecule has 0 atom stereocenters. The molecule has 1 amide bonds. The summed E-state index contributed by atoms with van der Waals surface area (Å²) < 4.78 is 5.50. The van der Waals surface area contributed by atoms with Crippen molar-refractivity contribution in [3.63, 3.8) is 0 Å². The number of hydrogen-bond donors (Lipinski definition) is 0. The number of nitrogens with zero attached hydrogens (tertiary/aromatic N) is 3. The summed E-state index contributed by atoms with van der Waals surface area (Å²) in [6, 6.07) is 8.24. The van der Waals surface area contributed by atoms with Crippen molar-refractivity contribution in [1.82, 2.24) is 9.96 Å². The van der Waals surface area contributed by atoms with E-state index in [0.717, 1.165) is 57.9 Å². The summed E-state index contributed by atoms with van der Waals surface area (Å²) in [6.45, 7) is 6.53. The van der Waals surface area contributed by atoms with Crippen LogP contribution in [0.25, 0.3) is 0 Å². The molecule has 0 radical (unpaired) electrons. The number of carbonyl (C=O) groups is 1. The maximum absolute atomic E-state index is 12.4. The molecule has 1 aromatic rings. The Balaban J connectivity index is 1.14. The zero-order valence-electron chi connectivity index (χ0n) is 17.8. The van der Waals surface area contributed by atoms with Crippen molar-refractivity contribution in [3.05, 3.63) is 24.3 Å². The lowest BCUT2D eigenvalue weighted by atomic mass is 9.77. The van der Waals surface area contributed by atoms with Crippen molar-refractivity contribution in [1.29, 1.82) is 0 Å². The average molecular weight is 402 g/mol. The van der Waals surface area contributed by atoms with Crippen LogP contribution >= 0.6 is 0 Å². The molecule has 0 unspecified atom stereocenters. The second-order valence-electron chi connectivity index (χ2n) is 8.82. The molecule has 29 heavy (non-hydrogen) atoms. The van der Waals surface area contributed by atoms with E-state index in [1.54, 1.807) is 12.2 Å². The number of ether oxygens (including phenoxy) is 1. The SMILES string of the molecule is COc1ccccc1N1CCN(CCCON2CCC3(CCCC3)CC2=O)CC1. The van der Waals surface area contributed by atoms with Gasteiger partial charge in [-0.1, -0.05) is 25.0 Å². The van der Waals surface area contributed by atoms with Crippen LogP contribution in [0.2, 0.25) is 0 Å². The molecule has 0 N–H and O–H groups in total. The highest BCUT2D eigenvalue weighted by Gasteiger charge is 2.41. The minimum atomic E-state index is 0.198. The van der Waals surface area contributed by atoms with Crippen molar-refractivity contribution >= 4 is 11.6 Å². The summed E-state index contributed by atoms with van der Waals surface area (Å²) in [7, 11) is 1.73. The molecule has 6 heteroatoms. The molecule has 0 aromatic heterocycles. The molecule has 2 aliphatic heterocycles. The van der Waals surface area contributed by atoms with E-state index >= 15 is 0 Å². The standard InChI is InChI=1S/C23H35N3O3/c1-28-21-8-3-2-7-20(21)25-16-14-24(15-17-25)12-6-18-29-26-13-11-23(19-22(26)27)9-4-5-10-23/h2-3,7-8H,4-6,9-19H2,1H3. The van der Waals surface area contributed by atoms with E-state index in [4.69, 9.17) is 9.57 Å². The van der Waals surface area contributed by atoms with Crippen LogP contribution in [-0.4, -0.2) is 68.9 Å². The van der Waals surface area contributed by atoms with Crippen LogP contribution in [0.3, 0.4) is 0 Å². The Morgan fingerprint density at radius 3 is 2.48 bits per heavy atom. The third-order valence-corrected chi connectivity index (χ3v) is 6.98. The van der Waals surface area contributed by atoms with Gasteiger partial charge in [-0.05, 0) is 43.2 Å². The number of piperidine rings is 1. The number of hydroxylamine groups is 2. The molecule has 1 aliphatic carbocycles. The molecule has 2 saturated heterocycles. The Morgan fingerprint density at radius 2 is 1.76 bits per heavy atom. The fourth-order valence-electron chi connectivity index (χ4n) is 5.22. The van der Waals surface area contributed by atoms with Crippen LogP contribution in [0, 0.1) is 5.41 Å². The maximum Gasteiger partial charge on any atom is 0.246 e. The highest BCUT2D eigenvalue weighted by molar-refractivity contribution is 5.76. The van der Waals surface area contributed by atoms with Gasteiger partial charge in [0.15, 0.2) is 0 Å². The molecule has 2 heterocycles. The van der Waals surface area contributed by atoms with Crippen LogP contribution in [0.1, 0.15) is 44.9 Å². The van der Waals surface area contributed by atoms with E-state index in [-0.39, 0.29) is 5.91 Å². The molecule has 160 valence electrons. The van der Waals surface area contributed by atoms with Gasteiger partial charge >= 0.3 is 0 Å². The first kappa shape index (κ1) is 20.5. The van der Waals surface area contributed by atoms with Crippen molar-refractivity contribution in [2.24, 2.45) is 5.41 Å². The van der Waals surface area contributed by atoms with E-state index in [2.05, 4.69) is 21.9 Å². The average Bonchev–Trinajstić information content (AvgIpc) is 3.20. The van der Waals surface area contributed by atoms with Crippen LogP contribution in [0.5, 0.6) is 5.75 Å². The molecular weight excluding hydrogens is 366 g/mol. The van der Waals surface area contributed by atoms with Crippen LogP contribution in [0.4, 0.5) is 5.69 Å². The second-order valence-corrected chi connectivity index (χ2v) is 8.82. The first-order valence-corrected chi connectivity index (χ1v) is 11.2. The van der Waals surface area contributed by atoms with Gasteiger partial charge in [-0.2, -0.15) is 0 Å². The number of para-hydroxylation sites is 2. The van der Waals surface area contributed by atoms with Crippen LogP contribution < -0.4 is 9.64 Å². The Morgan fingerprint density at radius 1 is 1.00 bits per heavy atom. The second kappa shape index (κ2) is 9.35. The molecule has 3 fully saturated rings. The molecule has 0 bridgehead atoms. The Bertz CT molecular complexity index is 682. The zero-order chi connectivity index (χ0) is 20.1. The molecule has 1 aromatic carbocycles. The van der Waals surface area contributed by atoms with Crippen LogP contribution in [0.15, 0.2) is 24.3 Å². The van der Waals surface area contributed by atoms with E-state index in [0.29, 0.717) is 18.4 Å². The van der Waals surface area contributed by atoms with Gasteiger partial charge in [0.2, 0.25) is 5.91 Å². The van der Waals surface area contributed by atoms with Gasteiger partial charge < -0.3 is 9.64 Å². The van der Waals surface area contributed by atoms with Gasteiger partial charge in [-0.15, -0.1) is 0 Å². The maximum atomic E-state index is 12.4. The summed E-state index contributed by atoms with van der Waals surface area (Å²) in [5, 5.41) is 1.64. The Labute approximate surface area is 174 Å². The lowest BCUT2D eigenvalue weighted by Crippen LogP contribution is -2.47. The van der Waals surface area contributed by atoms with Gasteiger partial charge in [0.25, 0.3) is 0 Å². The Kier molecular flexibility index (Phi) is 6.60. The van der Waals surface area contributed by atoms with E-state index < -0.39 is 0 Å². The normalized spacial score (nSPS) is 22.4. The number of amides is 1. The summed E-state index contributed by atoms with van der Waals surface area (Å²) in [5.41, 5.74) is 1.49. The van der Waals surface area contributed by atoms with Crippen LogP contribution in [-0.2, 0) is 9.63 Å². The highest BCUT2D eigenvalue weighted by Crippen LogP contribution is 2.46. The summed E-state index contributed by atoms with van der Waals surface area (Å²) in [6.07, 6.45) is 7.81. The quantitative estimate of drug-likeness (QED) is 0.656. The van der Waals surface area contributed by atoms with Gasteiger partial charge in [0, 0.05) is 45.7 Å². The molecule has 6 nitrogen and oxygen atoms in total. The first-order valence-electron chi connectivity index (χ1n) is 11.2. The largest absolute Gasteiger partial charge is 0.495 e. The number of hydrogen-bond acceptors (Lipinski definition) is 5. The predicted octanol–water partition coefficient (Wildman–Crippen LogP) is 3.32. The number of methoxy groups -OCH3 is 1. The van der Waals surface area contributed by atoms with E-state index in [1.165, 1.54) is 31.4 Å². The number of anilines is 1. The van der Waals surface area contributed by atoms with Gasteiger partial charge in [0.05, 0.1) is 19.4 Å². The summed E-state index contributed by atoms with van der Waals surface area (Å²) in [5.74, 6) is 1.14. The highest BCUT2D eigenvalue weighted by atomic mass is 16.7. The fraction of sp³-hybridized carbons (Fsp3) is 0.696. The lowest BCUT2D eigenvalue weighted by molar-refractivity contribution is -0.199. The molecule has 4 rings (SSSR count). The molecule has 1 saturated carbocycles. The number of piperazine rings is 1. The molecule has 1 spiro atoms. The lowest BCUT2D eigenvalue weighted by Gasteiger charge is -2.38. The topological polar surface area (TPSA) is 45.2 Å². The zero-order valence-corrected chi connectivity index (χ0v) is 17.8. The Hall–Kier alpha value is -1.79. The molecule has 3 aliphatic rings. The van der Waals surface area contributed by atoms with E-state index in [1.807, 2.05) is 12.1 Å². The smallest absolute Gasteiger partial charge is 0.246 e. The monoisotopic (exact) mass is 401 g/mol. The third-order valence-electron chi connectivity index (χ3n) is 6.98. The van der Waals surface area contributed by atoms with Crippen molar-refractivity contribution < 1.29 is 14.4 Å². The first-order chi connectivity index (χ1) is 14.2. The minimum absolute atomic E-state index is 0.198. The minimum Gasteiger partial charge on any atom is -0.495 e. The van der Waals surface area contributed by atoms with Gasteiger partial charge in [-0.25, -0.2) is 5.06 Å². The number of carbonyl (C=O) groups excluding carboxylic acids is 1. The number of rotatable bonds is 7. The summed E-state index contributed by atoms with van der Waals surface area (Å²) >= 11 is 0. The van der Waals surface area contributed by atoms with E-state index in [9.17, 15) is 4.79 Å². The van der Waals surface area contributed by atoms with Gasteiger partial charge in [-0.3, -0.25) is 14.5 Å².